The van der Waals surface area contributed by atoms with Gasteiger partial charge in [-0.2, -0.15) is 0 Å². The predicted molar refractivity (Wildman–Crippen MR) is 51.6 cm³/mol. The Balaban J connectivity index is 2.51. The quantitative estimate of drug-likeness (QED) is 0.678. The second-order valence-corrected chi connectivity index (χ2v) is 4.59. The molecule has 0 saturated carbocycles. The van der Waals surface area contributed by atoms with Crippen molar-refractivity contribution in [3.63, 3.8) is 0 Å². The highest BCUT2D eigenvalue weighted by molar-refractivity contribution is 14.1. The molecule has 0 aliphatic carbocycles. The van der Waals surface area contributed by atoms with Gasteiger partial charge in [0.15, 0.2) is 0 Å². The summed E-state index contributed by atoms with van der Waals surface area (Å²) in [6.07, 6.45) is 0. The zero-order chi connectivity index (χ0) is 7.84. The zero-order valence-electron chi connectivity index (χ0n) is 5.54. The van der Waals surface area contributed by atoms with E-state index in [1.165, 1.54) is 0 Å². The summed E-state index contributed by atoms with van der Waals surface area (Å²) in [6, 6.07) is 5.86. The Bertz CT molecular complexity index is 324. The lowest BCUT2D eigenvalue weighted by Gasteiger charge is -1.94. The molecule has 1 aliphatic heterocycles. The largest absolute Gasteiger partial charge is 0.400 e. The molecule has 0 saturated heterocycles. The summed E-state index contributed by atoms with van der Waals surface area (Å²) in [5.74, 6) is 1.31. The van der Waals surface area contributed by atoms with E-state index in [1.807, 2.05) is 18.2 Å². The minimum atomic E-state index is -1.13. The minimum Gasteiger partial charge on any atom is -0.400 e. The number of hydrogen-bond acceptors (Lipinski definition) is 2. The molecule has 0 radical (unpaired) electrons. The highest BCUT2D eigenvalue weighted by Crippen LogP contribution is 2.29. The van der Waals surface area contributed by atoms with Crippen LogP contribution in [0.4, 0.5) is 0 Å². The molecule has 0 fully saturated rings. The van der Waals surface area contributed by atoms with Crippen LogP contribution in [0.5, 0.6) is 5.75 Å². The maximum Gasteiger partial charge on any atom is 0.211 e. The first-order valence-electron chi connectivity index (χ1n) is 3.11. The maximum absolute atomic E-state index is 10.9. The Morgan fingerprint density at radius 3 is 3.18 bits per heavy atom. The van der Waals surface area contributed by atoms with Gasteiger partial charge in [-0.05, 0) is 34.7 Å². The molecule has 11 heavy (non-hydrogen) atoms. The van der Waals surface area contributed by atoms with Crippen molar-refractivity contribution < 1.29 is 8.39 Å². The van der Waals surface area contributed by atoms with Gasteiger partial charge in [-0.3, -0.25) is 0 Å². The SMILES string of the molecule is O=S1Cc2ccc(I)cc2O1. The van der Waals surface area contributed by atoms with E-state index in [2.05, 4.69) is 22.6 Å². The molecule has 2 nitrogen and oxygen atoms in total. The average Bonchev–Trinajstić information content (AvgIpc) is 2.27. The Labute approximate surface area is 80.7 Å². The second kappa shape index (κ2) is 2.75. The molecule has 1 heterocycles. The number of benzene rings is 1. The number of halogens is 1. The van der Waals surface area contributed by atoms with Gasteiger partial charge < -0.3 is 4.18 Å². The van der Waals surface area contributed by atoms with Crippen LogP contribution >= 0.6 is 22.6 Å². The summed E-state index contributed by atoms with van der Waals surface area (Å²) < 4.78 is 17.1. The van der Waals surface area contributed by atoms with Crippen molar-refractivity contribution in [1.29, 1.82) is 0 Å². The van der Waals surface area contributed by atoms with Gasteiger partial charge in [0, 0.05) is 9.13 Å². The number of hydrogen-bond donors (Lipinski definition) is 0. The van der Waals surface area contributed by atoms with Gasteiger partial charge >= 0.3 is 0 Å². The summed E-state index contributed by atoms with van der Waals surface area (Å²) in [5, 5.41) is 0. The monoisotopic (exact) mass is 280 g/mol. The second-order valence-electron chi connectivity index (χ2n) is 2.28. The van der Waals surface area contributed by atoms with E-state index in [9.17, 15) is 4.21 Å². The van der Waals surface area contributed by atoms with Crippen LogP contribution in [-0.2, 0) is 16.8 Å². The van der Waals surface area contributed by atoms with Crippen molar-refractivity contribution in [2.75, 3.05) is 0 Å². The average molecular weight is 280 g/mol. The molecule has 0 spiro atoms. The summed E-state index contributed by atoms with van der Waals surface area (Å²) in [5.41, 5.74) is 1.05. The molecule has 4 heteroatoms. The minimum absolute atomic E-state index is 0.534. The third-order valence-electron chi connectivity index (χ3n) is 1.49. The fourth-order valence-electron chi connectivity index (χ4n) is 0.982. The Morgan fingerprint density at radius 1 is 1.55 bits per heavy atom. The molecule has 1 aromatic rings. The maximum atomic E-state index is 10.9. The molecule has 0 aromatic heterocycles. The smallest absolute Gasteiger partial charge is 0.211 e. The Kier molecular flexibility index (Phi) is 1.88. The third kappa shape index (κ3) is 1.41. The molecular weight excluding hydrogens is 275 g/mol. The van der Waals surface area contributed by atoms with E-state index in [0.717, 1.165) is 14.9 Å². The van der Waals surface area contributed by atoms with Crippen LogP contribution in [-0.4, -0.2) is 4.21 Å². The van der Waals surface area contributed by atoms with Gasteiger partial charge in [0.05, 0.1) is 5.75 Å². The first kappa shape index (κ1) is 7.54. The van der Waals surface area contributed by atoms with Crippen molar-refractivity contribution in [3.8, 4) is 5.75 Å². The Morgan fingerprint density at radius 2 is 2.36 bits per heavy atom. The van der Waals surface area contributed by atoms with E-state index in [0.29, 0.717) is 5.75 Å². The zero-order valence-corrected chi connectivity index (χ0v) is 8.52. The van der Waals surface area contributed by atoms with Crippen molar-refractivity contribution in [2.45, 2.75) is 5.75 Å². The fraction of sp³-hybridized carbons (Fsp3) is 0.143. The highest BCUT2D eigenvalue weighted by Gasteiger charge is 2.18. The predicted octanol–water partition coefficient (Wildman–Crippen LogP) is 1.85. The summed E-state index contributed by atoms with van der Waals surface area (Å²) in [6.45, 7) is 0. The molecule has 2 rings (SSSR count). The van der Waals surface area contributed by atoms with E-state index in [1.54, 1.807) is 0 Å². The van der Waals surface area contributed by atoms with Crippen LogP contribution in [0, 0.1) is 3.57 Å². The fourth-order valence-corrected chi connectivity index (χ4v) is 2.35. The van der Waals surface area contributed by atoms with Gasteiger partial charge in [-0.1, -0.05) is 6.07 Å². The van der Waals surface area contributed by atoms with E-state index >= 15 is 0 Å². The molecule has 0 amide bonds. The highest BCUT2D eigenvalue weighted by atomic mass is 127. The van der Waals surface area contributed by atoms with Gasteiger partial charge in [-0.25, -0.2) is 4.21 Å². The van der Waals surface area contributed by atoms with Gasteiger partial charge in [0.1, 0.15) is 5.75 Å². The first-order valence-corrected chi connectivity index (χ1v) is 5.43. The normalized spacial score (nSPS) is 21.0. The van der Waals surface area contributed by atoms with Crippen LogP contribution in [0.15, 0.2) is 18.2 Å². The third-order valence-corrected chi connectivity index (χ3v) is 3.07. The van der Waals surface area contributed by atoms with Crippen LogP contribution in [0.25, 0.3) is 0 Å². The summed E-state index contributed by atoms with van der Waals surface area (Å²) >= 11 is 1.07. The number of fused-ring (bicyclic) bond motifs is 1. The van der Waals surface area contributed by atoms with Crippen molar-refractivity contribution in [3.05, 3.63) is 27.3 Å². The van der Waals surface area contributed by atoms with Crippen molar-refractivity contribution >= 4 is 33.7 Å². The molecule has 1 aliphatic rings. The van der Waals surface area contributed by atoms with Crippen LogP contribution in [0.1, 0.15) is 5.56 Å². The van der Waals surface area contributed by atoms with Gasteiger partial charge in [0.2, 0.25) is 11.1 Å². The molecule has 1 unspecified atom stereocenters. The first-order chi connectivity index (χ1) is 5.25. The lowest BCUT2D eigenvalue weighted by Crippen LogP contribution is -1.90. The summed E-state index contributed by atoms with van der Waals surface area (Å²) in [4.78, 5) is 0. The molecule has 0 bridgehead atoms. The molecule has 58 valence electrons. The van der Waals surface area contributed by atoms with Crippen LogP contribution in [0.2, 0.25) is 0 Å². The van der Waals surface area contributed by atoms with E-state index in [4.69, 9.17) is 4.18 Å². The topological polar surface area (TPSA) is 26.3 Å². The standard InChI is InChI=1S/C7H5IO2S/c8-6-2-1-5-4-11(9)10-7(5)3-6/h1-3H,4H2. The van der Waals surface area contributed by atoms with Gasteiger partial charge in [0.25, 0.3) is 0 Å². The molecule has 1 aromatic carbocycles. The molecule has 1 atom stereocenters. The molecular formula is C7H5IO2S. The number of rotatable bonds is 0. The summed E-state index contributed by atoms with van der Waals surface area (Å²) in [7, 11) is 0. The lowest BCUT2D eigenvalue weighted by molar-refractivity contribution is 0.577. The Hall–Kier alpha value is -0.100. The lowest BCUT2D eigenvalue weighted by atomic mass is 10.2. The van der Waals surface area contributed by atoms with Crippen LogP contribution in [0.3, 0.4) is 0 Å². The van der Waals surface area contributed by atoms with E-state index < -0.39 is 11.1 Å². The van der Waals surface area contributed by atoms with Crippen LogP contribution < -0.4 is 4.18 Å². The van der Waals surface area contributed by atoms with Gasteiger partial charge in [-0.15, -0.1) is 0 Å². The van der Waals surface area contributed by atoms with Crippen molar-refractivity contribution in [2.24, 2.45) is 0 Å². The van der Waals surface area contributed by atoms with E-state index in [-0.39, 0.29) is 0 Å². The molecule has 0 N–H and O–H groups in total. The van der Waals surface area contributed by atoms with Crippen molar-refractivity contribution in [1.82, 2.24) is 0 Å².